The van der Waals surface area contributed by atoms with Gasteiger partial charge in [-0.1, -0.05) is 0 Å². The number of carbonyl (C=O) groups is 2. The second-order valence-electron chi connectivity index (χ2n) is 9.32. The summed E-state index contributed by atoms with van der Waals surface area (Å²) in [5.41, 5.74) is 2.68. The standard InChI is InChI=1S/C24H39N3O5/c1-18-15-21(19(2)27(18)10-6-13-30-5)23(29)26-11-8-24(9-12-26)16-20(7-14-32-24)31-17-22(28)25(3)4/h15,20H,6-14,16-17H2,1-5H3. The molecule has 0 saturated carbocycles. The third-order valence-electron chi connectivity index (χ3n) is 6.89. The minimum Gasteiger partial charge on any atom is -0.385 e. The van der Waals surface area contributed by atoms with Crippen LogP contribution in [0.15, 0.2) is 6.07 Å². The molecule has 0 aromatic carbocycles. The minimum atomic E-state index is -0.252. The van der Waals surface area contributed by atoms with E-state index in [1.807, 2.05) is 17.9 Å². The van der Waals surface area contributed by atoms with E-state index in [0.29, 0.717) is 26.3 Å². The van der Waals surface area contributed by atoms with Crippen molar-refractivity contribution in [3.8, 4) is 0 Å². The molecular weight excluding hydrogens is 410 g/mol. The number of ether oxygens (including phenoxy) is 3. The average molecular weight is 450 g/mol. The van der Waals surface area contributed by atoms with Crippen LogP contribution in [0.25, 0.3) is 0 Å². The summed E-state index contributed by atoms with van der Waals surface area (Å²) in [6.07, 6.45) is 4.14. The molecule has 0 N–H and O–H groups in total. The lowest BCUT2D eigenvalue weighted by atomic mass is 9.83. The van der Waals surface area contributed by atoms with E-state index in [-0.39, 0.29) is 30.1 Å². The summed E-state index contributed by atoms with van der Waals surface area (Å²) >= 11 is 0. The Kier molecular flexibility index (Phi) is 8.36. The maximum atomic E-state index is 13.3. The van der Waals surface area contributed by atoms with E-state index in [9.17, 15) is 9.59 Å². The normalized spacial score (nSPS) is 20.5. The number of aryl methyl sites for hydroxylation is 1. The van der Waals surface area contributed by atoms with Crippen LogP contribution < -0.4 is 0 Å². The van der Waals surface area contributed by atoms with E-state index in [0.717, 1.165) is 55.6 Å². The van der Waals surface area contributed by atoms with Gasteiger partial charge in [-0.05, 0) is 45.6 Å². The highest BCUT2D eigenvalue weighted by atomic mass is 16.5. The van der Waals surface area contributed by atoms with Crippen molar-refractivity contribution in [3.63, 3.8) is 0 Å². The van der Waals surface area contributed by atoms with Gasteiger partial charge in [0.2, 0.25) is 5.91 Å². The van der Waals surface area contributed by atoms with E-state index in [1.165, 1.54) is 0 Å². The van der Waals surface area contributed by atoms with E-state index in [4.69, 9.17) is 14.2 Å². The predicted molar refractivity (Wildman–Crippen MR) is 122 cm³/mol. The fourth-order valence-electron chi connectivity index (χ4n) is 4.81. The zero-order chi connectivity index (χ0) is 23.3. The van der Waals surface area contributed by atoms with Crippen LogP contribution >= 0.6 is 0 Å². The SMILES string of the molecule is COCCCn1c(C)cc(C(=O)N2CCC3(CC2)CC(OCC(=O)N(C)C)CCO3)c1C. The Hall–Kier alpha value is -1.90. The van der Waals surface area contributed by atoms with Crippen molar-refractivity contribution in [2.75, 3.05) is 54.1 Å². The highest BCUT2D eigenvalue weighted by Gasteiger charge is 2.42. The molecule has 8 heteroatoms. The first-order valence-corrected chi connectivity index (χ1v) is 11.7. The van der Waals surface area contributed by atoms with E-state index in [2.05, 4.69) is 11.5 Å². The van der Waals surface area contributed by atoms with Gasteiger partial charge in [-0.2, -0.15) is 0 Å². The average Bonchev–Trinajstić information content (AvgIpc) is 3.06. The van der Waals surface area contributed by atoms with Gasteiger partial charge in [0.1, 0.15) is 6.61 Å². The molecule has 3 rings (SSSR count). The Morgan fingerprint density at radius 1 is 1.25 bits per heavy atom. The number of aromatic nitrogens is 1. The molecule has 1 unspecified atom stereocenters. The maximum absolute atomic E-state index is 13.3. The highest BCUT2D eigenvalue weighted by Crippen LogP contribution is 2.36. The molecule has 32 heavy (non-hydrogen) atoms. The Labute approximate surface area is 191 Å². The third-order valence-corrected chi connectivity index (χ3v) is 6.89. The first kappa shape index (κ1) is 24.7. The fraction of sp³-hybridized carbons (Fsp3) is 0.750. The van der Waals surface area contributed by atoms with Crippen LogP contribution in [0, 0.1) is 13.8 Å². The molecule has 180 valence electrons. The molecule has 0 bridgehead atoms. The van der Waals surface area contributed by atoms with Crippen LogP contribution in [0.3, 0.4) is 0 Å². The Morgan fingerprint density at radius 3 is 2.62 bits per heavy atom. The van der Waals surface area contributed by atoms with Crippen molar-refractivity contribution in [1.29, 1.82) is 0 Å². The van der Waals surface area contributed by atoms with Crippen molar-refractivity contribution in [2.24, 2.45) is 0 Å². The number of likely N-dealkylation sites (N-methyl/N-ethyl adjacent to an activating group) is 1. The lowest BCUT2D eigenvalue weighted by Gasteiger charge is -2.46. The number of hydrogen-bond acceptors (Lipinski definition) is 5. The van der Waals surface area contributed by atoms with Crippen molar-refractivity contribution in [1.82, 2.24) is 14.4 Å². The van der Waals surface area contributed by atoms with Crippen molar-refractivity contribution in [2.45, 2.75) is 64.2 Å². The number of nitrogens with zero attached hydrogens (tertiary/aromatic N) is 3. The van der Waals surface area contributed by atoms with Gasteiger partial charge in [-0.15, -0.1) is 0 Å². The Balaban J connectivity index is 1.56. The number of carbonyl (C=O) groups excluding carboxylic acids is 2. The first-order chi connectivity index (χ1) is 15.3. The molecule has 1 aromatic heterocycles. The highest BCUT2D eigenvalue weighted by molar-refractivity contribution is 5.95. The summed E-state index contributed by atoms with van der Waals surface area (Å²) < 4.78 is 19.5. The molecule has 2 fully saturated rings. The van der Waals surface area contributed by atoms with Gasteiger partial charge in [0.15, 0.2) is 0 Å². The Morgan fingerprint density at radius 2 is 1.97 bits per heavy atom. The molecule has 8 nitrogen and oxygen atoms in total. The molecule has 2 aliphatic heterocycles. The monoisotopic (exact) mass is 449 g/mol. The quantitative estimate of drug-likeness (QED) is 0.570. The second-order valence-corrected chi connectivity index (χ2v) is 9.32. The van der Waals surface area contributed by atoms with Crippen molar-refractivity contribution < 1.29 is 23.8 Å². The van der Waals surface area contributed by atoms with Gasteiger partial charge in [0, 0.05) is 71.9 Å². The van der Waals surface area contributed by atoms with Crippen molar-refractivity contribution >= 4 is 11.8 Å². The summed E-state index contributed by atoms with van der Waals surface area (Å²) in [6.45, 7) is 7.75. The van der Waals surface area contributed by atoms with Gasteiger partial charge < -0.3 is 28.6 Å². The Bertz CT molecular complexity index is 796. The smallest absolute Gasteiger partial charge is 0.255 e. The molecule has 2 saturated heterocycles. The lowest BCUT2D eigenvalue weighted by Crippen LogP contribution is -2.52. The second kappa shape index (κ2) is 10.8. The van der Waals surface area contributed by atoms with Crippen LogP contribution in [-0.4, -0.2) is 92.0 Å². The fourth-order valence-corrected chi connectivity index (χ4v) is 4.81. The molecule has 3 heterocycles. The number of piperidine rings is 1. The van der Waals surface area contributed by atoms with Gasteiger partial charge in [-0.3, -0.25) is 9.59 Å². The maximum Gasteiger partial charge on any atom is 0.255 e. The van der Waals surface area contributed by atoms with Crippen LogP contribution in [0.4, 0.5) is 0 Å². The molecule has 0 aliphatic carbocycles. The molecule has 1 aromatic rings. The summed E-state index contributed by atoms with van der Waals surface area (Å²) in [4.78, 5) is 28.6. The number of likely N-dealkylation sites (tertiary alicyclic amines) is 1. The largest absolute Gasteiger partial charge is 0.385 e. The van der Waals surface area contributed by atoms with E-state index < -0.39 is 0 Å². The van der Waals surface area contributed by atoms with Gasteiger partial charge in [-0.25, -0.2) is 0 Å². The van der Waals surface area contributed by atoms with Crippen LogP contribution in [0.2, 0.25) is 0 Å². The zero-order valence-electron chi connectivity index (χ0n) is 20.3. The molecule has 1 spiro atoms. The van der Waals surface area contributed by atoms with Gasteiger partial charge >= 0.3 is 0 Å². The third kappa shape index (κ3) is 5.71. The summed E-state index contributed by atoms with van der Waals surface area (Å²) in [5.74, 6) is 0.0805. The molecule has 1 atom stereocenters. The van der Waals surface area contributed by atoms with Gasteiger partial charge in [0.05, 0.1) is 17.3 Å². The molecule has 2 aliphatic rings. The van der Waals surface area contributed by atoms with Crippen LogP contribution in [0.1, 0.15) is 53.8 Å². The lowest BCUT2D eigenvalue weighted by molar-refractivity contribution is -0.160. The summed E-state index contributed by atoms with van der Waals surface area (Å²) in [7, 11) is 5.18. The number of methoxy groups -OCH3 is 1. The van der Waals surface area contributed by atoms with Crippen LogP contribution in [-0.2, 0) is 25.5 Å². The summed E-state index contributed by atoms with van der Waals surface area (Å²) in [5, 5.41) is 0. The van der Waals surface area contributed by atoms with Gasteiger partial charge in [0.25, 0.3) is 5.91 Å². The van der Waals surface area contributed by atoms with Crippen LogP contribution in [0.5, 0.6) is 0 Å². The molecule has 2 amide bonds. The summed E-state index contributed by atoms with van der Waals surface area (Å²) in [6, 6.07) is 2.01. The predicted octanol–water partition coefficient (Wildman–Crippen LogP) is 2.40. The number of amides is 2. The topological polar surface area (TPSA) is 73.2 Å². The zero-order valence-corrected chi connectivity index (χ0v) is 20.3. The van der Waals surface area contributed by atoms with E-state index in [1.54, 1.807) is 26.1 Å². The number of rotatable bonds is 8. The molecule has 0 radical (unpaired) electrons. The molecular formula is C24H39N3O5. The van der Waals surface area contributed by atoms with Crippen molar-refractivity contribution in [3.05, 3.63) is 23.0 Å². The number of hydrogen-bond donors (Lipinski definition) is 0. The first-order valence-electron chi connectivity index (χ1n) is 11.7. The van der Waals surface area contributed by atoms with E-state index >= 15 is 0 Å². The minimum absolute atomic E-state index is 0.0224.